The quantitative estimate of drug-likeness (QED) is 0.851. The first-order chi connectivity index (χ1) is 13.6. The van der Waals surface area contributed by atoms with Crippen LogP contribution in [-0.2, 0) is 4.79 Å². The number of nitrogens with one attached hydrogen (secondary N) is 1. The third-order valence-corrected chi connectivity index (χ3v) is 6.15. The van der Waals surface area contributed by atoms with Crippen molar-refractivity contribution in [3.05, 3.63) is 59.7 Å². The molecule has 0 unspecified atom stereocenters. The molecule has 1 saturated carbocycles. The van der Waals surface area contributed by atoms with Crippen LogP contribution in [0.5, 0.6) is 0 Å². The smallest absolute Gasteiger partial charge is 0.151 e. The van der Waals surface area contributed by atoms with E-state index < -0.39 is 5.41 Å². The normalized spacial score (nSPS) is 26.1. The van der Waals surface area contributed by atoms with Gasteiger partial charge in [0.2, 0.25) is 0 Å². The Balaban J connectivity index is 1.45. The monoisotopic (exact) mass is 369 g/mol. The van der Waals surface area contributed by atoms with E-state index in [1.807, 2.05) is 24.3 Å². The second kappa shape index (κ2) is 7.58. The molecular formula is C24H23N3O. The van der Waals surface area contributed by atoms with Crippen LogP contribution in [0.2, 0.25) is 0 Å². The first kappa shape index (κ1) is 18.4. The predicted octanol–water partition coefficient (Wildman–Crippen LogP) is 4.32. The van der Waals surface area contributed by atoms with Crippen LogP contribution in [0, 0.1) is 28.1 Å². The Labute approximate surface area is 165 Å². The van der Waals surface area contributed by atoms with Crippen LogP contribution in [0.1, 0.15) is 49.1 Å². The molecule has 4 rings (SSSR count). The van der Waals surface area contributed by atoms with Crippen molar-refractivity contribution >= 4 is 5.78 Å². The third kappa shape index (κ3) is 3.57. The Morgan fingerprint density at radius 1 is 1.04 bits per heavy atom. The average molecular weight is 369 g/mol. The zero-order valence-electron chi connectivity index (χ0n) is 15.8. The maximum atomic E-state index is 12.6. The highest BCUT2D eigenvalue weighted by molar-refractivity contribution is 5.85. The number of carbonyl (C=O) groups is 1. The van der Waals surface area contributed by atoms with Crippen LogP contribution < -0.4 is 5.32 Å². The van der Waals surface area contributed by atoms with Gasteiger partial charge in [-0.2, -0.15) is 10.5 Å². The van der Waals surface area contributed by atoms with E-state index in [1.165, 1.54) is 0 Å². The van der Waals surface area contributed by atoms with Crippen LogP contribution in [0.15, 0.2) is 48.5 Å². The maximum Gasteiger partial charge on any atom is 0.151 e. The molecule has 1 N–H and O–H groups in total. The molecule has 1 aliphatic heterocycles. The molecule has 0 amide bonds. The van der Waals surface area contributed by atoms with Gasteiger partial charge in [0.05, 0.1) is 29.2 Å². The van der Waals surface area contributed by atoms with Crippen molar-refractivity contribution in [3.63, 3.8) is 0 Å². The van der Waals surface area contributed by atoms with Gasteiger partial charge in [0.15, 0.2) is 5.78 Å². The summed E-state index contributed by atoms with van der Waals surface area (Å²) in [6, 6.07) is 20.3. The number of nitriles is 2. The minimum Gasteiger partial charge on any atom is -0.307 e. The van der Waals surface area contributed by atoms with E-state index in [-0.39, 0.29) is 17.7 Å². The molecule has 2 aromatic carbocycles. The number of benzene rings is 2. The molecule has 0 spiro atoms. The molecule has 1 heterocycles. The largest absolute Gasteiger partial charge is 0.307 e. The van der Waals surface area contributed by atoms with Crippen molar-refractivity contribution in [2.45, 2.75) is 44.1 Å². The summed E-state index contributed by atoms with van der Waals surface area (Å²) in [6.45, 7) is 0.899. The molecule has 0 bridgehead atoms. The second-order valence-corrected chi connectivity index (χ2v) is 7.98. The number of rotatable bonds is 5. The molecule has 140 valence electrons. The van der Waals surface area contributed by atoms with Gasteiger partial charge < -0.3 is 5.32 Å². The first-order valence-electron chi connectivity index (χ1n) is 9.93. The Morgan fingerprint density at radius 2 is 1.71 bits per heavy atom. The van der Waals surface area contributed by atoms with Gasteiger partial charge in [-0.3, -0.25) is 4.79 Å². The van der Waals surface area contributed by atoms with E-state index in [0.29, 0.717) is 12.0 Å². The van der Waals surface area contributed by atoms with Gasteiger partial charge in [-0.15, -0.1) is 0 Å². The van der Waals surface area contributed by atoms with Gasteiger partial charge in [0, 0.05) is 12.3 Å². The van der Waals surface area contributed by atoms with E-state index >= 15 is 0 Å². The fourth-order valence-electron chi connectivity index (χ4n) is 4.31. The molecule has 0 aromatic heterocycles. The van der Waals surface area contributed by atoms with Crippen LogP contribution in [0.25, 0.3) is 11.1 Å². The lowest BCUT2D eigenvalue weighted by atomic mass is 9.89. The standard InChI is InChI=1S/C24H23N3O/c25-15-17-4-6-18(7-5-17)19-8-10-20(11-9-19)21-13-24(21,16-26)14-23(28)22-3-1-2-12-27-22/h4-11,21-22,27H,1-3,12-14H2/t21-,22+,24+/m1/s1. The molecule has 0 radical (unpaired) electrons. The summed E-state index contributed by atoms with van der Waals surface area (Å²) in [4.78, 5) is 12.6. The molecule has 3 atom stereocenters. The minimum absolute atomic E-state index is 0.0704. The number of Topliss-reactive ketones (excluding diaryl/α,β-unsaturated/α-hetero) is 1. The van der Waals surface area contributed by atoms with Crippen LogP contribution in [0.3, 0.4) is 0 Å². The second-order valence-electron chi connectivity index (χ2n) is 7.98. The number of hydrogen-bond donors (Lipinski definition) is 1. The Kier molecular flexibility index (Phi) is 4.99. The van der Waals surface area contributed by atoms with E-state index in [1.54, 1.807) is 0 Å². The third-order valence-electron chi connectivity index (χ3n) is 6.15. The van der Waals surface area contributed by atoms with Crippen molar-refractivity contribution in [3.8, 4) is 23.3 Å². The van der Waals surface area contributed by atoms with Crippen molar-refractivity contribution in [2.24, 2.45) is 5.41 Å². The van der Waals surface area contributed by atoms with Crippen molar-refractivity contribution in [1.29, 1.82) is 10.5 Å². The van der Waals surface area contributed by atoms with E-state index in [4.69, 9.17) is 5.26 Å². The number of nitrogens with zero attached hydrogens (tertiary/aromatic N) is 2. The zero-order chi connectivity index (χ0) is 19.6. The number of ketones is 1. The fraction of sp³-hybridized carbons (Fsp3) is 0.375. The lowest BCUT2D eigenvalue weighted by Gasteiger charge is -2.23. The minimum atomic E-state index is -0.536. The summed E-state index contributed by atoms with van der Waals surface area (Å²) >= 11 is 0. The summed E-state index contributed by atoms with van der Waals surface area (Å²) in [6.07, 6.45) is 4.22. The lowest BCUT2D eigenvalue weighted by Crippen LogP contribution is -2.41. The highest BCUT2D eigenvalue weighted by atomic mass is 16.1. The molecule has 1 aliphatic carbocycles. The summed E-state index contributed by atoms with van der Waals surface area (Å²) < 4.78 is 0. The van der Waals surface area contributed by atoms with Gasteiger partial charge >= 0.3 is 0 Å². The fourth-order valence-corrected chi connectivity index (χ4v) is 4.31. The van der Waals surface area contributed by atoms with Crippen molar-refractivity contribution < 1.29 is 4.79 Å². The van der Waals surface area contributed by atoms with Crippen LogP contribution in [0.4, 0.5) is 0 Å². The van der Waals surface area contributed by atoms with Crippen LogP contribution >= 0.6 is 0 Å². The summed E-state index contributed by atoms with van der Waals surface area (Å²) in [5.41, 5.74) is 3.38. The summed E-state index contributed by atoms with van der Waals surface area (Å²) in [5.74, 6) is 0.331. The number of piperidine rings is 1. The SMILES string of the molecule is N#Cc1ccc(-c2ccc([C@H]3C[C@@]3(C#N)CC(=O)[C@@H]3CCCCN3)cc2)cc1. The van der Waals surface area contributed by atoms with Gasteiger partial charge in [0.1, 0.15) is 0 Å². The van der Waals surface area contributed by atoms with Crippen molar-refractivity contribution in [2.75, 3.05) is 6.54 Å². The Morgan fingerprint density at radius 3 is 2.29 bits per heavy atom. The zero-order valence-corrected chi connectivity index (χ0v) is 15.8. The molecule has 2 fully saturated rings. The molecule has 4 nitrogen and oxygen atoms in total. The highest BCUT2D eigenvalue weighted by Crippen LogP contribution is 2.61. The van der Waals surface area contributed by atoms with Gasteiger partial charge in [-0.1, -0.05) is 42.8 Å². The van der Waals surface area contributed by atoms with E-state index in [2.05, 4.69) is 41.7 Å². The Hall–Kier alpha value is -2.95. The Bertz CT molecular complexity index is 943. The number of carbonyl (C=O) groups excluding carboxylic acids is 1. The lowest BCUT2D eigenvalue weighted by molar-refractivity contribution is -0.122. The molecule has 2 aromatic rings. The van der Waals surface area contributed by atoms with Gasteiger partial charge in [0.25, 0.3) is 0 Å². The van der Waals surface area contributed by atoms with Gasteiger partial charge in [-0.05, 0) is 54.6 Å². The molecule has 2 aliphatic rings. The maximum absolute atomic E-state index is 12.6. The predicted molar refractivity (Wildman–Crippen MR) is 107 cm³/mol. The molecule has 28 heavy (non-hydrogen) atoms. The number of hydrogen-bond acceptors (Lipinski definition) is 4. The molecular weight excluding hydrogens is 346 g/mol. The van der Waals surface area contributed by atoms with Gasteiger partial charge in [-0.25, -0.2) is 0 Å². The molecule has 4 heteroatoms. The highest BCUT2D eigenvalue weighted by Gasteiger charge is 2.56. The van der Waals surface area contributed by atoms with E-state index in [0.717, 1.165) is 48.9 Å². The van der Waals surface area contributed by atoms with Crippen LogP contribution in [-0.4, -0.2) is 18.4 Å². The summed E-state index contributed by atoms with van der Waals surface area (Å²) in [5, 5.41) is 22.0. The van der Waals surface area contributed by atoms with Crippen molar-refractivity contribution in [1.82, 2.24) is 5.32 Å². The summed E-state index contributed by atoms with van der Waals surface area (Å²) in [7, 11) is 0. The first-order valence-corrected chi connectivity index (χ1v) is 9.93. The van der Waals surface area contributed by atoms with E-state index in [9.17, 15) is 10.1 Å². The topological polar surface area (TPSA) is 76.7 Å². The average Bonchev–Trinajstić information content (AvgIpc) is 3.49. The molecule has 1 saturated heterocycles.